The summed E-state index contributed by atoms with van der Waals surface area (Å²) in [4.78, 5) is 11.4. The number of hydrogen-bond donors (Lipinski definition) is 1. The Labute approximate surface area is 102 Å². The Morgan fingerprint density at radius 2 is 2.29 bits per heavy atom. The van der Waals surface area contributed by atoms with E-state index in [1.54, 1.807) is 6.20 Å². The van der Waals surface area contributed by atoms with E-state index in [1.807, 2.05) is 30.8 Å². The molecule has 0 aliphatic rings. The molecule has 0 radical (unpaired) electrons. The Balaban J connectivity index is 2.13. The first-order chi connectivity index (χ1) is 8.06. The van der Waals surface area contributed by atoms with Gasteiger partial charge in [0.1, 0.15) is 0 Å². The van der Waals surface area contributed by atoms with Gasteiger partial charge in [0.2, 0.25) is 0 Å². The van der Waals surface area contributed by atoms with E-state index in [-0.39, 0.29) is 5.97 Å². The summed E-state index contributed by atoms with van der Waals surface area (Å²) in [6, 6.07) is 1.91. The molecule has 1 N–H and O–H groups in total. The number of rotatable bonds is 7. The zero-order valence-electron chi connectivity index (χ0n) is 10.8. The van der Waals surface area contributed by atoms with Crippen molar-refractivity contribution in [1.29, 1.82) is 0 Å². The predicted octanol–water partition coefficient (Wildman–Crippen LogP) is 1.06. The Bertz CT molecular complexity index is 334. The van der Waals surface area contributed by atoms with E-state index in [9.17, 15) is 4.79 Å². The van der Waals surface area contributed by atoms with Crippen molar-refractivity contribution in [3.05, 3.63) is 18.5 Å². The van der Waals surface area contributed by atoms with E-state index in [0.29, 0.717) is 6.54 Å². The van der Waals surface area contributed by atoms with Crippen LogP contribution in [-0.2, 0) is 16.1 Å². The van der Waals surface area contributed by atoms with Crippen molar-refractivity contribution in [2.45, 2.75) is 26.8 Å². The highest BCUT2D eigenvalue weighted by Crippen LogP contribution is 2.15. The SMILES string of the molecule is COC(=O)C(C)(C)CNCCCn1cccn1. The number of esters is 1. The number of ether oxygens (including phenoxy) is 1. The number of nitrogens with zero attached hydrogens (tertiary/aromatic N) is 2. The van der Waals surface area contributed by atoms with E-state index in [4.69, 9.17) is 4.74 Å². The molecule has 0 atom stereocenters. The van der Waals surface area contributed by atoms with E-state index in [1.165, 1.54) is 7.11 Å². The normalized spacial score (nSPS) is 11.5. The summed E-state index contributed by atoms with van der Waals surface area (Å²) in [6.45, 7) is 6.12. The number of nitrogens with one attached hydrogen (secondary N) is 1. The van der Waals surface area contributed by atoms with Gasteiger partial charge in [0, 0.05) is 25.5 Å². The van der Waals surface area contributed by atoms with Crippen molar-refractivity contribution in [3.8, 4) is 0 Å². The summed E-state index contributed by atoms with van der Waals surface area (Å²) in [6.07, 6.45) is 4.70. The average molecular weight is 239 g/mol. The molecule has 17 heavy (non-hydrogen) atoms. The molecule has 0 aliphatic carbocycles. The molecule has 0 bridgehead atoms. The third-order valence-corrected chi connectivity index (χ3v) is 2.60. The molecule has 1 heterocycles. The van der Waals surface area contributed by atoms with Gasteiger partial charge in [-0.15, -0.1) is 0 Å². The number of hydrogen-bond acceptors (Lipinski definition) is 4. The van der Waals surface area contributed by atoms with Gasteiger partial charge in [-0.2, -0.15) is 5.10 Å². The summed E-state index contributed by atoms with van der Waals surface area (Å²) in [5, 5.41) is 7.38. The molecule has 1 rings (SSSR count). The molecule has 5 nitrogen and oxygen atoms in total. The highest BCUT2D eigenvalue weighted by atomic mass is 16.5. The molecule has 0 aromatic carbocycles. The maximum absolute atomic E-state index is 11.4. The molecule has 0 fully saturated rings. The second kappa shape index (κ2) is 6.39. The van der Waals surface area contributed by atoms with Crippen LogP contribution in [-0.4, -0.2) is 35.9 Å². The van der Waals surface area contributed by atoms with E-state index >= 15 is 0 Å². The van der Waals surface area contributed by atoms with Crippen LogP contribution in [0.4, 0.5) is 0 Å². The van der Waals surface area contributed by atoms with Crippen LogP contribution in [0.2, 0.25) is 0 Å². The second-order valence-corrected chi connectivity index (χ2v) is 4.67. The lowest BCUT2D eigenvalue weighted by atomic mass is 9.94. The lowest BCUT2D eigenvalue weighted by Gasteiger charge is -2.21. The molecule has 0 saturated heterocycles. The van der Waals surface area contributed by atoms with E-state index in [2.05, 4.69) is 10.4 Å². The van der Waals surface area contributed by atoms with Gasteiger partial charge in [0.05, 0.1) is 12.5 Å². The van der Waals surface area contributed by atoms with Crippen LogP contribution in [0.3, 0.4) is 0 Å². The lowest BCUT2D eigenvalue weighted by molar-refractivity contribution is -0.150. The van der Waals surface area contributed by atoms with Crippen LogP contribution in [0, 0.1) is 5.41 Å². The molecular weight excluding hydrogens is 218 g/mol. The lowest BCUT2D eigenvalue weighted by Crippen LogP contribution is -2.37. The highest BCUT2D eigenvalue weighted by Gasteiger charge is 2.27. The fraction of sp³-hybridized carbons (Fsp3) is 0.667. The quantitative estimate of drug-likeness (QED) is 0.571. The zero-order chi connectivity index (χ0) is 12.7. The van der Waals surface area contributed by atoms with Crippen molar-refractivity contribution < 1.29 is 9.53 Å². The van der Waals surface area contributed by atoms with Crippen molar-refractivity contribution in [2.75, 3.05) is 20.2 Å². The minimum Gasteiger partial charge on any atom is -0.469 e. The van der Waals surface area contributed by atoms with Crippen LogP contribution in [0.5, 0.6) is 0 Å². The highest BCUT2D eigenvalue weighted by molar-refractivity contribution is 5.76. The summed E-state index contributed by atoms with van der Waals surface area (Å²) >= 11 is 0. The number of carbonyl (C=O) groups is 1. The van der Waals surface area contributed by atoms with Crippen molar-refractivity contribution in [1.82, 2.24) is 15.1 Å². The van der Waals surface area contributed by atoms with Crippen molar-refractivity contribution >= 4 is 5.97 Å². The van der Waals surface area contributed by atoms with Gasteiger partial charge in [0.15, 0.2) is 0 Å². The van der Waals surface area contributed by atoms with Crippen LogP contribution < -0.4 is 5.32 Å². The predicted molar refractivity (Wildman–Crippen MR) is 65.5 cm³/mol. The summed E-state index contributed by atoms with van der Waals surface area (Å²) in [5.41, 5.74) is -0.472. The fourth-order valence-corrected chi connectivity index (χ4v) is 1.55. The molecule has 5 heteroatoms. The molecule has 1 aromatic rings. The monoisotopic (exact) mass is 239 g/mol. The number of carbonyl (C=O) groups excluding carboxylic acids is 1. The molecule has 1 aromatic heterocycles. The van der Waals surface area contributed by atoms with Gasteiger partial charge in [-0.3, -0.25) is 9.48 Å². The summed E-state index contributed by atoms with van der Waals surface area (Å²) in [5.74, 6) is -0.183. The Hall–Kier alpha value is -1.36. The van der Waals surface area contributed by atoms with Crippen LogP contribution in [0.25, 0.3) is 0 Å². The molecule has 0 saturated carbocycles. The summed E-state index contributed by atoms with van der Waals surface area (Å²) < 4.78 is 6.63. The van der Waals surface area contributed by atoms with Crippen molar-refractivity contribution in [2.24, 2.45) is 5.41 Å². The van der Waals surface area contributed by atoms with Gasteiger partial charge in [0.25, 0.3) is 0 Å². The first kappa shape index (κ1) is 13.7. The largest absolute Gasteiger partial charge is 0.469 e. The van der Waals surface area contributed by atoms with E-state index < -0.39 is 5.41 Å². The molecule has 0 spiro atoms. The number of aromatic nitrogens is 2. The fourth-order valence-electron chi connectivity index (χ4n) is 1.55. The minimum atomic E-state index is -0.472. The number of methoxy groups -OCH3 is 1. The maximum Gasteiger partial charge on any atom is 0.312 e. The van der Waals surface area contributed by atoms with Gasteiger partial charge in [-0.25, -0.2) is 0 Å². The third kappa shape index (κ3) is 4.56. The first-order valence-corrected chi connectivity index (χ1v) is 5.83. The van der Waals surface area contributed by atoms with Crippen molar-refractivity contribution in [3.63, 3.8) is 0 Å². The Morgan fingerprint density at radius 3 is 2.88 bits per heavy atom. The average Bonchev–Trinajstić information content (AvgIpc) is 2.80. The first-order valence-electron chi connectivity index (χ1n) is 5.83. The Morgan fingerprint density at radius 1 is 1.53 bits per heavy atom. The van der Waals surface area contributed by atoms with Gasteiger partial charge in [-0.1, -0.05) is 0 Å². The Kier molecular flexibility index (Phi) is 5.15. The van der Waals surface area contributed by atoms with E-state index in [0.717, 1.165) is 19.5 Å². The maximum atomic E-state index is 11.4. The summed E-state index contributed by atoms with van der Waals surface area (Å²) in [7, 11) is 1.42. The van der Waals surface area contributed by atoms with Gasteiger partial charge < -0.3 is 10.1 Å². The van der Waals surface area contributed by atoms with Gasteiger partial charge >= 0.3 is 5.97 Å². The standard InChI is InChI=1S/C12H21N3O2/c1-12(2,11(16)17-3)10-13-6-4-8-15-9-5-7-14-15/h5,7,9,13H,4,6,8,10H2,1-3H3. The molecule has 0 aliphatic heterocycles. The van der Waals surface area contributed by atoms with Gasteiger partial charge in [-0.05, 0) is 32.9 Å². The number of aryl methyl sites for hydroxylation is 1. The molecule has 0 unspecified atom stereocenters. The third-order valence-electron chi connectivity index (χ3n) is 2.60. The molecule has 0 amide bonds. The van der Waals surface area contributed by atoms with Crippen LogP contribution >= 0.6 is 0 Å². The van der Waals surface area contributed by atoms with Crippen LogP contribution in [0.1, 0.15) is 20.3 Å². The zero-order valence-corrected chi connectivity index (χ0v) is 10.8. The second-order valence-electron chi connectivity index (χ2n) is 4.67. The smallest absolute Gasteiger partial charge is 0.312 e. The topological polar surface area (TPSA) is 56.1 Å². The van der Waals surface area contributed by atoms with Crippen LogP contribution in [0.15, 0.2) is 18.5 Å². The minimum absolute atomic E-state index is 0.183. The molecule has 96 valence electrons. The molecular formula is C12H21N3O2.